The number of thiocarbonyl (C=S) groups is 1. The van der Waals surface area contributed by atoms with Gasteiger partial charge in [-0.3, -0.25) is 4.90 Å². The molecule has 25 heavy (non-hydrogen) atoms. The second-order valence-electron chi connectivity index (χ2n) is 5.95. The summed E-state index contributed by atoms with van der Waals surface area (Å²) in [6, 6.07) is 12.0. The van der Waals surface area contributed by atoms with Gasteiger partial charge in [0.15, 0.2) is 5.11 Å². The van der Waals surface area contributed by atoms with Crippen molar-refractivity contribution < 1.29 is 4.39 Å². The van der Waals surface area contributed by atoms with Crippen LogP contribution in [-0.4, -0.2) is 41.1 Å². The summed E-state index contributed by atoms with van der Waals surface area (Å²) in [5.74, 6) is -0.195. The Morgan fingerprint density at radius 3 is 2.56 bits per heavy atom. The average Bonchev–Trinajstić information content (AvgIpc) is 2.59. The molecule has 7 heteroatoms. The van der Waals surface area contributed by atoms with Crippen LogP contribution in [0.2, 0.25) is 10.0 Å². The van der Waals surface area contributed by atoms with E-state index in [1.165, 1.54) is 6.07 Å². The third kappa shape index (κ3) is 5.05. The lowest BCUT2D eigenvalue weighted by Gasteiger charge is -2.36. The zero-order valence-corrected chi connectivity index (χ0v) is 15.8. The minimum atomic E-state index is -0.195. The summed E-state index contributed by atoms with van der Waals surface area (Å²) in [5, 5.41) is 4.99. The van der Waals surface area contributed by atoms with Crippen LogP contribution in [0, 0.1) is 5.82 Å². The lowest BCUT2D eigenvalue weighted by Crippen LogP contribution is -2.49. The molecule has 3 nitrogen and oxygen atoms in total. The molecule has 0 spiro atoms. The Morgan fingerprint density at radius 2 is 1.84 bits per heavy atom. The number of rotatable bonds is 3. The van der Waals surface area contributed by atoms with E-state index in [4.69, 9.17) is 35.4 Å². The molecule has 0 aliphatic carbocycles. The van der Waals surface area contributed by atoms with Gasteiger partial charge in [-0.1, -0.05) is 35.3 Å². The third-order valence-electron chi connectivity index (χ3n) is 4.12. The van der Waals surface area contributed by atoms with Crippen LogP contribution in [0.4, 0.5) is 10.1 Å². The lowest BCUT2D eigenvalue weighted by atomic mass is 10.2. The van der Waals surface area contributed by atoms with Crippen molar-refractivity contribution in [1.29, 1.82) is 0 Å². The maximum absolute atomic E-state index is 13.3. The molecule has 0 saturated carbocycles. The lowest BCUT2D eigenvalue weighted by molar-refractivity contribution is 0.177. The van der Waals surface area contributed by atoms with E-state index >= 15 is 0 Å². The average molecular weight is 398 g/mol. The summed E-state index contributed by atoms with van der Waals surface area (Å²) in [6.07, 6.45) is 0. The zero-order valence-electron chi connectivity index (χ0n) is 13.5. The van der Waals surface area contributed by atoms with Gasteiger partial charge < -0.3 is 10.2 Å². The highest BCUT2D eigenvalue weighted by Crippen LogP contribution is 2.25. The Kier molecular flexibility index (Phi) is 6.12. The van der Waals surface area contributed by atoms with Gasteiger partial charge >= 0.3 is 0 Å². The molecule has 1 fully saturated rings. The van der Waals surface area contributed by atoms with Gasteiger partial charge in [-0.25, -0.2) is 4.39 Å². The van der Waals surface area contributed by atoms with Crippen molar-refractivity contribution in [3.8, 4) is 0 Å². The van der Waals surface area contributed by atoms with Crippen molar-refractivity contribution in [1.82, 2.24) is 9.80 Å². The van der Waals surface area contributed by atoms with Crippen LogP contribution in [0.25, 0.3) is 0 Å². The van der Waals surface area contributed by atoms with E-state index in [9.17, 15) is 4.39 Å². The highest BCUT2D eigenvalue weighted by molar-refractivity contribution is 7.80. The van der Waals surface area contributed by atoms with Gasteiger partial charge in [-0.15, -0.1) is 0 Å². The molecular weight excluding hydrogens is 380 g/mol. The summed E-state index contributed by atoms with van der Waals surface area (Å²) in [5.41, 5.74) is 1.70. The van der Waals surface area contributed by atoms with Crippen LogP contribution in [0.15, 0.2) is 42.5 Å². The van der Waals surface area contributed by atoms with Gasteiger partial charge in [0.2, 0.25) is 0 Å². The van der Waals surface area contributed by atoms with E-state index in [0.29, 0.717) is 20.8 Å². The Labute approximate surface area is 162 Å². The first-order valence-corrected chi connectivity index (χ1v) is 9.15. The van der Waals surface area contributed by atoms with Gasteiger partial charge in [0.25, 0.3) is 0 Å². The fraction of sp³-hybridized carbons (Fsp3) is 0.278. The maximum Gasteiger partial charge on any atom is 0.173 e. The minimum Gasteiger partial charge on any atom is -0.346 e. The summed E-state index contributed by atoms with van der Waals surface area (Å²) >= 11 is 17.7. The number of piperazine rings is 1. The number of benzene rings is 2. The smallest absolute Gasteiger partial charge is 0.173 e. The maximum atomic E-state index is 13.3. The largest absolute Gasteiger partial charge is 0.346 e. The Balaban J connectivity index is 1.53. The highest BCUT2D eigenvalue weighted by Gasteiger charge is 2.19. The number of nitrogens with one attached hydrogen (secondary N) is 1. The first-order chi connectivity index (χ1) is 12.0. The molecule has 1 aliphatic rings. The zero-order chi connectivity index (χ0) is 17.8. The van der Waals surface area contributed by atoms with Crippen LogP contribution in [0.3, 0.4) is 0 Å². The summed E-state index contributed by atoms with van der Waals surface area (Å²) in [6.45, 7) is 4.08. The molecule has 0 radical (unpaired) electrons. The summed E-state index contributed by atoms with van der Waals surface area (Å²) in [7, 11) is 0. The van der Waals surface area contributed by atoms with Crippen LogP contribution in [0.1, 0.15) is 5.56 Å². The summed E-state index contributed by atoms with van der Waals surface area (Å²) < 4.78 is 13.3. The molecule has 1 N–H and O–H groups in total. The van der Waals surface area contributed by atoms with Gasteiger partial charge in [-0.2, -0.15) is 0 Å². The summed E-state index contributed by atoms with van der Waals surface area (Å²) in [4.78, 5) is 4.40. The Hall–Kier alpha value is -1.40. The topological polar surface area (TPSA) is 18.5 Å². The molecule has 0 bridgehead atoms. The Morgan fingerprint density at radius 1 is 1.08 bits per heavy atom. The molecule has 3 rings (SSSR count). The molecule has 0 atom stereocenters. The number of hydrogen-bond donors (Lipinski definition) is 1. The minimum absolute atomic E-state index is 0.195. The quantitative estimate of drug-likeness (QED) is 0.759. The second kappa shape index (κ2) is 8.32. The Bertz CT molecular complexity index is 764. The van der Waals surface area contributed by atoms with Crippen LogP contribution in [-0.2, 0) is 6.54 Å². The molecule has 1 aliphatic heterocycles. The van der Waals surface area contributed by atoms with Crippen molar-refractivity contribution in [2.24, 2.45) is 0 Å². The van der Waals surface area contributed by atoms with Gasteiger partial charge in [0.1, 0.15) is 5.82 Å². The molecule has 2 aromatic rings. The fourth-order valence-electron chi connectivity index (χ4n) is 2.79. The normalized spacial score (nSPS) is 15.2. The first-order valence-electron chi connectivity index (χ1n) is 7.99. The van der Waals surface area contributed by atoms with E-state index in [-0.39, 0.29) is 5.82 Å². The number of nitrogens with zero attached hydrogens (tertiary/aromatic N) is 2. The SMILES string of the molecule is Fc1cccc(CN2CCN(C(=S)Nc3cc(Cl)ccc3Cl)CC2)c1. The fourth-order valence-corrected chi connectivity index (χ4v) is 3.42. The molecule has 0 unspecified atom stereocenters. The molecule has 0 amide bonds. The van der Waals surface area contributed by atoms with Crippen LogP contribution < -0.4 is 5.32 Å². The third-order valence-corrected chi connectivity index (χ3v) is 5.05. The van der Waals surface area contributed by atoms with Crippen molar-refractivity contribution >= 4 is 46.2 Å². The number of halogens is 3. The van der Waals surface area contributed by atoms with Crippen LogP contribution in [0.5, 0.6) is 0 Å². The molecular formula is C18H18Cl2FN3S. The molecule has 2 aromatic carbocycles. The molecule has 132 valence electrons. The van der Waals surface area contributed by atoms with Gasteiger partial charge in [0, 0.05) is 37.7 Å². The number of hydrogen-bond acceptors (Lipinski definition) is 2. The van der Waals surface area contributed by atoms with Gasteiger partial charge in [0.05, 0.1) is 10.7 Å². The molecule has 1 saturated heterocycles. The monoisotopic (exact) mass is 397 g/mol. The molecule has 1 heterocycles. The van der Waals surface area contributed by atoms with Crippen molar-refractivity contribution in [2.45, 2.75) is 6.54 Å². The second-order valence-corrected chi connectivity index (χ2v) is 7.18. The van der Waals surface area contributed by atoms with Gasteiger partial charge in [-0.05, 0) is 48.1 Å². The number of anilines is 1. The van der Waals surface area contributed by atoms with Crippen LogP contribution >= 0.6 is 35.4 Å². The van der Waals surface area contributed by atoms with Crippen molar-refractivity contribution in [3.63, 3.8) is 0 Å². The van der Waals surface area contributed by atoms with E-state index in [1.54, 1.807) is 30.3 Å². The first kappa shape index (κ1) is 18.4. The van der Waals surface area contributed by atoms with E-state index in [2.05, 4.69) is 15.1 Å². The molecule has 0 aromatic heterocycles. The van der Waals surface area contributed by atoms with Crippen molar-refractivity contribution in [3.05, 3.63) is 63.9 Å². The predicted molar refractivity (Wildman–Crippen MR) is 106 cm³/mol. The van der Waals surface area contributed by atoms with Crippen molar-refractivity contribution in [2.75, 3.05) is 31.5 Å². The standard InChI is InChI=1S/C18H18Cl2FN3S/c19-14-4-5-16(20)17(11-14)22-18(25)24-8-6-23(7-9-24)12-13-2-1-3-15(21)10-13/h1-5,10-11H,6-9,12H2,(H,22,25). The predicted octanol–water partition coefficient (Wildman–Crippen LogP) is 4.65. The van der Waals surface area contributed by atoms with E-state index < -0.39 is 0 Å². The van der Waals surface area contributed by atoms with E-state index in [1.807, 2.05) is 6.07 Å². The van der Waals surface area contributed by atoms with E-state index in [0.717, 1.165) is 38.3 Å². The highest BCUT2D eigenvalue weighted by atomic mass is 35.5.